The van der Waals surface area contributed by atoms with E-state index in [0.717, 1.165) is 11.1 Å². The number of hydrogen-bond donors (Lipinski definition) is 2. The molecule has 23 heavy (non-hydrogen) atoms. The molecular formula is C17H19ClN2O2S. The second kappa shape index (κ2) is 5.60. The topological polar surface area (TPSA) is 86.2 Å². The van der Waals surface area contributed by atoms with E-state index in [0.29, 0.717) is 5.02 Å². The van der Waals surface area contributed by atoms with E-state index in [1.54, 1.807) is 12.1 Å². The zero-order chi connectivity index (χ0) is 16.8. The van der Waals surface area contributed by atoms with E-state index in [1.165, 1.54) is 12.1 Å². The third kappa shape index (κ3) is 2.68. The van der Waals surface area contributed by atoms with Crippen LogP contribution in [0.3, 0.4) is 0 Å². The molecule has 1 saturated carbocycles. The van der Waals surface area contributed by atoms with Crippen LogP contribution in [0.5, 0.6) is 0 Å². The summed E-state index contributed by atoms with van der Waals surface area (Å²) in [6.07, 6.45) is 0. The fraction of sp³-hybridized carbons (Fsp3) is 0.294. The van der Waals surface area contributed by atoms with Crippen molar-refractivity contribution in [3.05, 3.63) is 64.7 Å². The van der Waals surface area contributed by atoms with Gasteiger partial charge in [-0.1, -0.05) is 41.4 Å². The number of halogens is 1. The zero-order valence-electron chi connectivity index (χ0n) is 12.7. The van der Waals surface area contributed by atoms with Crippen LogP contribution in [0.25, 0.3) is 0 Å². The van der Waals surface area contributed by atoms with Gasteiger partial charge in [-0.3, -0.25) is 0 Å². The van der Waals surface area contributed by atoms with Crippen LogP contribution in [-0.4, -0.2) is 25.8 Å². The Morgan fingerprint density at radius 1 is 1.09 bits per heavy atom. The van der Waals surface area contributed by atoms with Gasteiger partial charge in [0.2, 0.25) is 0 Å². The van der Waals surface area contributed by atoms with Crippen molar-refractivity contribution in [1.82, 2.24) is 0 Å². The Morgan fingerprint density at radius 2 is 1.65 bits per heavy atom. The smallest absolute Gasteiger partial charge is 0.183 e. The average molecular weight is 351 g/mol. The molecule has 0 amide bonds. The van der Waals surface area contributed by atoms with Crippen LogP contribution >= 0.6 is 11.6 Å². The van der Waals surface area contributed by atoms with Crippen molar-refractivity contribution < 1.29 is 8.42 Å². The first-order chi connectivity index (χ1) is 10.8. The third-order valence-electron chi connectivity index (χ3n) is 4.57. The molecule has 1 aliphatic rings. The average Bonchev–Trinajstić information content (AvgIpc) is 3.16. The molecule has 2 aromatic rings. The Morgan fingerprint density at radius 3 is 2.17 bits per heavy atom. The van der Waals surface area contributed by atoms with E-state index in [-0.39, 0.29) is 17.4 Å². The minimum absolute atomic E-state index is 0.114. The summed E-state index contributed by atoms with van der Waals surface area (Å²) in [5, 5.41) is -0.225. The number of benzene rings is 2. The zero-order valence-corrected chi connectivity index (χ0v) is 14.3. The molecule has 4 nitrogen and oxygen atoms in total. The Bertz CT molecular complexity index is 819. The lowest BCUT2D eigenvalue weighted by molar-refractivity contribution is 0.586. The molecule has 1 fully saturated rings. The van der Waals surface area contributed by atoms with E-state index in [4.69, 9.17) is 23.1 Å². The summed E-state index contributed by atoms with van der Waals surface area (Å²) in [6, 6.07) is 13.9. The van der Waals surface area contributed by atoms with Crippen molar-refractivity contribution in [2.24, 2.45) is 11.5 Å². The summed E-state index contributed by atoms with van der Waals surface area (Å²) in [7, 11) is -3.57. The van der Waals surface area contributed by atoms with Crippen molar-refractivity contribution in [1.29, 1.82) is 0 Å². The van der Waals surface area contributed by atoms with E-state index in [2.05, 4.69) is 0 Å². The van der Waals surface area contributed by atoms with E-state index >= 15 is 0 Å². The van der Waals surface area contributed by atoms with E-state index in [9.17, 15) is 8.42 Å². The van der Waals surface area contributed by atoms with Gasteiger partial charge in [0.25, 0.3) is 0 Å². The summed E-state index contributed by atoms with van der Waals surface area (Å²) < 4.78 is 25.9. The quantitative estimate of drug-likeness (QED) is 0.885. The van der Waals surface area contributed by atoms with Gasteiger partial charge in [-0.05, 0) is 36.8 Å². The maximum Gasteiger partial charge on any atom is 0.183 e. The fourth-order valence-corrected chi connectivity index (χ4v) is 5.61. The highest BCUT2D eigenvalue weighted by Crippen LogP contribution is 2.55. The van der Waals surface area contributed by atoms with Crippen molar-refractivity contribution in [3.63, 3.8) is 0 Å². The van der Waals surface area contributed by atoms with E-state index in [1.807, 2.05) is 31.2 Å². The second-order valence-electron chi connectivity index (χ2n) is 6.12. The van der Waals surface area contributed by atoms with Gasteiger partial charge in [0.15, 0.2) is 9.84 Å². The van der Waals surface area contributed by atoms with Crippen LogP contribution in [0.1, 0.15) is 17.0 Å². The minimum Gasteiger partial charge on any atom is -0.329 e. The number of rotatable bonds is 4. The van der Waals surface area contributed by atoms with Crippen LogP contribution in [0, 0.1) is 6.92 Å². The number of nitrogens with two attached hydrogens (primary N) is 2. The highest BCUT2D eigenvalue weighted by atomic mass is 35.5. The van der Waals surface area contributed by atoms with Crippen LogP contribution in [0.4, 0.5) is 0 Å². The molecular weight excluding hydrogens is 332 g/mol. The Kier molecular flexibility index (Phi) is 4.01. The molecule has 3 atom stereocenters. The summed E-state index contributed by atoms with van der Waals surface area (Å²) in [6.45, 7) is 2.10. The van der Waals surface area contributed by atoms with Gasteiger partial charge in [-0.15, -0.1) is 0 Å². The predicted molar refractivity (Wildman–Crippen MR) is 92.3 cm³/mol. The first kappa shape index (κ1) is 16.5. The minimum atomic E-state index is -3.57. The summed E-state index contributed by atoms with van der Waals surface area (Å²) in [4.78, 5) is 0.227. The predicted octanol–water partition coefficient (Wildman–Crippen LogP) is 2.24. The highest BCUT2D eigenvalue weighted by Gasteiger charge is 2.68. The lowest BCUT2D eigenvalue weighted by atomic mass is 10.1. The normalized spacial score (nSPS) is 27.0. The largest absolute Gasteiger partial charge is 0.329 e. The van der Waals surface area contributed by atoms with Gasteiger partial charge in [0.05, 0.1) is 15.7 Å². The van der Waals surface area contributed by atoms with Gasteiger partial charge in [-0.25, -0.2) is 8.42 Å². The highest BCUT2D eigenvalue weighted by molar-refractivity contribution is 7.92. The van der Waals surface area contributed by atoms with Gasteiger partial charge in [-0.2, -0.15) is 0 Å². The SMILES string of the molecule is Cc1ccc([C@H]2[C@H](S(=O)(=O)c3ccc(Cl)cc3)[C@@]2(N)CN)cc1. The molecule has 3 rings (SSSR count). The first-order valence-electron chi connectivity index (χ1n) is 7.35. The number of hydrogen-bond acceptors (Lipinski definition) is 4. The van der Waals surface area contributed by atoms with Crippen LogP contribution in [0.15, 0.2) is 53.4 Å². The van der Waals surface area contributed by atoms with Gasteiger partial charge < -0.3 is 11.5 Å². The van der Waals surface area contributed by atoms with Crippen molar-refractivity contribution in [3.8, 4) is 0 Å². The van der Waals surface area contributed by atoms with Crippen LogP contribution in [0.2, 0.25) is 5.02 Å². The molecule has 2 aromatic carbocycles. The molecule has 1 aliphatic carbocycles. The third-order valence-corrected chi connectivity index (χ3v) is 7.13. The van der Waals surface area contributed by atoms with Gasteiger partial charge in [0.1, 0.15) is 0 Å². The maximum atomic E-state index is 13.0. The van der Waals surface area contributed by atoms with Crippen molar-refractivity contribution in [2.45, 2.75) is 28.5 Å². The Hall–Kier alpha value is -1.40. The van der Waals surface area contributed by atoms with Crippen molar-refractivity contribution >= 4 is 21.4 Å². The van der Waals surface area contributed by atoms with E-state index < -0.39 is 20.6 Å². The Balaban J connectivity index is 2.01. The second-order valence-corrected chi connectivity index (χ2v) is 8.63. The molecule has 0 heterocycles. The molecule has 0 bridgehead atoms. The van der Waals surface area contributed by atoms with Crippen LogP contribution in [-0.2, 0) is 9.84 Å². The molecule has 0 saturated heterocycles. The molecule has 0 spiro atoms. The van der Waals surface area contributed by atoms with Gasteiger partial charge >= 0.3 is 0 Å². The number of aryl methyl sites for hydroxylation is 1. The lowest BCUT2D eigenvalue weighted by Crippen LogP contribution is -2.39. The molecule has 6 heteroatoms. The molecule has 0 aliphatic heterocycles. The Labute approximate surface area is 141 Å². The number of sulfone groups is 1. The first-order valence-corrected chi connectivity index (χ1v) is 9.28. The van der Waals surface area contributed by atoms with Crippen LogP contribution < -0.4 is 11.5 Å². The molecule has 122 valence electrons. The molecule has 0 aromatic heterocycles. The fourth-order valence-electron chi connectivity index (χ4n) is 3.16. The van der Waals surface area contributed by atoms with Crippen molar-refractivity contribution in [2.75, 3.05) is 6.54 Å². The molecule has 0 radical (unpaired) electrons. The van der Waals surface area contributed by atoms with Gasteiger partial charge in [0, 0.05) is 17.5 Å². The lowest BCUT2D eigenvalue weighted by Gasteiger charge is -2.09. The standard InChI is InChI=1S/C17H19ClN2O2S/c1-11-2-4-12(5-3-11)15-16(17(15,20)10-19)23(21,22)14-8-6-13(18)7-9-14/h2-9,15-16H,10,19-20H2,1H3/t15-,16-,17+/m0/s1. The maximum absolute atomic E-state index is 13.0. The summed E-state index contributed by atoms with van der Waals surface area (Å²) >= 11 is 5.84. The molecule has 4 N–H and O–H groups in total. The monoisotopic (exact) mass is 350 g/mol. The molecule has 0 unspecified atom stereocenters. The summed E-state index contributed by atoms with van der Waals surface area (Å²) in [5.74, 6) is -0.297. The summed E-state index contributed by atoms with van der Waals surface area (Å²) in [5.41, 5.74) is 13.2.